The fraction of sp³-hybridized carbons (Fsp3) is 0.379. The second-order valence-electron chi connectivity index (χ2n) is 10.4. The molecule has 1 aliphatic heterocycles. The van der Waals surface area contributed by atoms with Crippen LogP contribution in [0.5, 0.6) is 0 Å². The van der Waals surface area contributed by atoms with Gasteiger partial charge in [0, 0.05) is 17.5 Å². The summed E-state index contributed by atoms with van der Waals surface area (Å²) >= 11 is 5.95. The number of nitro benzene ring substituents is 1. The Bertz CT molecular complexity index is 1370. The second kappa shape index (κ2) is 13.8. The zero-order valence-corrected chi connectivity index (χ0v) is 24.2. The van der Waals surface area contributed by atoms with E-state index >= 15 is 0 Å². The monoisotopic (exact) mass is 584 g/mol. The quantitative estimate of drug-likeness (QED) is 0.195. The maximum atomic E-state index is 12.2. The molecule has 1 aliphatic rings. The van der Waals surface area contributed by atoms with Crippen molar-refractivity contribution in [3.05, 3.63) is 68.7 Å². The molecule has 0 aliphatic carbocycles. The summed E-state index contributed by atoms with van der Waals surface area (Å²) in [7, 11) is 0. The third-order valence-corrected chi connectivity index (χ3v) is 5.78. The lowest BCUT2D eigenvalue weighted by molar-refractivity contribution is -0.383. The molecule has 0 saturated carbocycles. The Hall–Kier alpha value is -4.45. The summed E-state index contributed by atoms with van der Waals surface area (Å²) in [6.07, 6.45) is 3.91. The molecule has 3 rings (SSSR count). The van der Waals surface area contributed by atoms with E-state index in [0.29, 0.717) is 6.42 Å². The zero-order valence-electron chi connectivity index (χ0n) is 23.4. The van der Waals surface area contributed by atoms with Gasteiger partial charge in [-0.1, -0.05) is 59.7 Å². The Morgan fingerprint density at radius 1 is 1.34 bits per heavy atom. The first kappa shape index (κ1) is 32.8. The van der Waals surface area contributed by atoms with Crippen LogP contribution in [0.4, 0.5) is 21.0 Å². The lowest BCUT2D eigenvalue weighted by Crippen LogP contribution is -2.46. The number of carboxylic acid groups (broad SMARTS) is 1. The first-order chi connectivity index (χ1) is 19.0. The van der Waals surface area contributed by atoms with E-state index in [1.165, 1.54) is 12.1 Å². The lowest BCUT2D eigenvalue weighted by Gasteiger charge is -2.28. The SMILES string of the molecule is C#C[C@@H]1COC(C)(C)N1C(=O)O.CC(C)(C)OC(=O)N[C@@H](C#Cc1cc(Cl)cc([N+](=O)[O-])c1N)Cc1ccccc1. The van der Waals surface area contributed by atoms with E-state index < -0.39 is 40.5 Å². The Morgan fingerprint density at radius 2 is 1.98 bits per heavy atom. The Morgan fingerprint density at radius 3 is 2.49 bits per heavy atom. The molecule has 12 heteroatoms. The first-order valence-electron chi connectivity index (χ1n) is 12.4. The van der Waals surface area contributed by atoms with Crippen LogP contribution in [0, 0.1) is 34.3 Å². The number of hydrogen-bond donors (Lipinski definition) is 3. The second-order valence-corrected chi connectivity index (χ2v) is 10.8. The molecule has 0 radical (unpaired) electrons. The van der Waals surface area contributed by atoms with E-state index in [1.54, 1.807) is 34.6 Å². The lowest BCUT2D eigenvalue weighted by atomic mass is 10.1. The van der Waals surface area contributed by atoms with Gasteiger partial charge in [0.2, 0.25) is 0 Å². The third kappa shape index (κ3) is 9.91. The highest BCUT2D eigenvalue weighted by molar-refractivity contribution is 6.31. The summed E-state index contributed by atoms with van der Waals surface area (Å²) in [4.78, 5) is 34.6. The van der Waals surface area contributed by atoms with E-state index in [9.17, 15) is 19.7 Å². The van der Waals surface area contributed by atoms with Crippen LogP contribution in [0.15, 0.2) is 42.5 Å². The van der Waals surface area contributed by atoms with Gasteiger partial charge in [0.1, 0.15) is 23.1 Å². The predicted octanol–water partition coefficient (Wildman–Crippen LogP) is 5.05. The number of anilines is 1. The van der Waals surface area contributed by atoms with Crippen molar-refractivity contribution >= 4 is 35.2 Å². The molecule has 4 N–H and O–H groups in total. The van der Waals surface area contributed by atoms with Crippen LogP contribution in [-0.4, -0.2) is 57.1 Å². The molecule has 0 bridgehead atoms. The van der Waals surface area contributed by atoms with E-state index in [1.807, 2.05) is 30.3 Å². The standard InChI is InChI=1S/C21H22ClN3O4.C8H11NO3/c1-21(2,3)29-20(26)24-17(11-14-7-5-4-6-8-14)10-9-15-12-16(22)13-18(19(15)23)25(27)28;1-4-6-5-12-8(2,3)9(6)7(10)11/h4-8,12-13,17H,11,23H2,1-3H3,(H,24,26);1,6H,5H2,2-3H3,(H,10,11)/t17-;6-/m01/s1. The van der Waals surface area contributed by atoms with Crippen molar-refractivity contribution in [1.29, 1.82) is 0 Å². The number of nitro groups is 1. The van der Waals surface area contributed by atoms with Gasteiger partial charge in [-0.3, -0.25) is 15.0 Å². The van der Waals surface area contributed by atoms with Crippen LogP contribution in [0.1, 0.15) is 45.7 Å². The zero-order chi connectivity index (χ0) is 31.0. The molecule has 2 atom stereocenters. The van der Waals surface area contributed by atoms with Crippen LogP contribution >= 0.6 is 11.6 Å². The number of ether oxygens (including phenoxy) is 2. The number of amides is 2. The maximum Gasteiger partial charge on any atom is 0.410 e. The van der Waals surface area contributed by atoms with Crippen LogP contribution < -0.4 is 11.1 Å². The van der Waals surface area contributed by atoms with Crippen LogP contribution in [0.25, 0.3) is 0 Å². The smallest absolute Gasteiger partial charge is 0.410 e. The minimum absolute atomic E-state index is 0.0809. The number of nitrogens with two attached hydrogens (primary N) is 1. The van der Waals surface area contributed by atoms with Gasteiger partial charge >= 0.3 is 12.2 Å². The van der Waals surface area contributed by atoms with Gasteiger partial charge in [-0.15, -0.1) is 6.42 Å². The molecular weight excluding hydrogens is 552 g/mol. The third-order valence-electron chi connectivity index (χ3n) is 5.56. The first-order valence-corrected chi connectivity index (χ1v) is 12.8. The molecule has 0 aromatic heterocycles. The summed E-state index contributed by atoms with van der Waals surface area (Å²) in [5.41, 5.74) is 5.17. The minimum atomic E-state index is -1.04. The molecule has 1 heterocycles. The highest BCUT2D eigenvalue weighted by Gasteiger charge is 2.43. The molecule has 2 amide bonds. The number of nitrogens with zero attached hydrogens (tertiary/aromatic N) is 2. The fourth-order valence-electron chi connectivity index (χ4n) is 3.75. The molecule has 0 unspecified atom stereocenters. The molecule has 1 fully saturated rings. The molecule has 2 aromatic carbocycles. The number of carbonyl (C=O) groups excluding carboxylic acids is 1. The van der Waals surface area contributed by atoms with Gasteiger partial charge in [-0.05, 0) is 46.2 Å². The van der Waals surface area contributed by atoms with Gasteiger partial charge in [0.25, 0.3) is 5.69 Å². The predicted molar refractivity (Wildman–Crippen MR) is 155 cm³/mol. The van der Waals surface area contributed by atoms with E-state index in [-0.39, 0.29) is 28.6 Å². The number of nitrogens with one attached hydrogen (secondary N) is 1. The number of rotatable bonds is 4. The Balaban J connectivity index is 0.000000408. The average molecular weight is 585 g/mol. The van der Waals surface area contributed by atoms with E-state index in [4.69, 9.17) is 38.3 Å². The van der Waals surface area contributed by atoms with Crippen molar-refractivity contribution in [3.8, 4) is 24.2 Å². The summed E-state index contributed by atoms with van der Waals surface area (Å²) in [5.74, 6) is 8.09. The summed E-state index contributed by atoms with van der Waals surface area (Å²) in [6.45, 7) is 8.91. The average Bonchev–Trinajstić information content (AvgIpc) is 3.18. The summed E-state index contributed by atoms with van der Waals surface area (Å²) < 4.78 is 10.5. The van der Waals surface area contributed by atoms with Gasteiger partial charge in [-0.2, -0.15) is 0 Å². The van der Waals surface area contributed by atoms with Gasteiger partial charge in [0.15, 0.2) is 0 Å². The van der Waals surface area contributed by atoms with E-state index in [2.05, 4.69) is 23.1 Å². The summed E-state index contributed by atoms with van der Waals surface area (Å²) in [6, 6.07) is 11.0. The number of carbonyl (C=O) groups is 2. The molecule has 0 spiro atoms. The molecule has 1 saturated heterocycles. The molecule has 218 valence electrons. The fourth-order valence-corrected chi connectivity index (χ4v) is 3.96. The van der Waals surface area contributed by atoms with Gasteiger partial charge < -0.3 is 25.6 Å². The van der Waals surface area contributed by atoms with Crippen molar-refractivity contribution in [1.82, 2.24) is 10.2 Å². The van der Waals surface area contributed by atoms with Crippen molar-refractivity contribution in [2.45, 2.75) is 64.4 Å². The van der Waals surface area contributed by atoms with E-state index in [0.717, 1.165) is 10.5 Å². The largest absolute Gasteiger partial charge is 0.465 e. The maximum absolute atomic E-state index is 12.2. The normalized spacial score (nSPS) is 16.1. The minimum Gasteiger partial charge on any atom is -0.465 e. The number of nitrogen functional groups attached to an aromatic ring is 1. The highest BCUT2D eigenvalue weighted by atomic mass is 35.5. The van der Waals surface area contributed by atoms with Crippen molar-refractivity contribution in [2.24, 2.45) is 0 Å². The number of terminal acetylenes is 1. The molecule has 41 heavy (non-hydrogen) atoms. The van der Waals surface area contributed by atoms with Crippen molar-refractivity contribution in [2.75, 3.05) is 12.3 Å². The van der Waals surface area contributed by atoms with Crippen LogP contribution in [0.3, 0.4) is 0 Å². The van der Waals surface area contributed by atoms with Crippen LogP contribution in [-0.2, 0) is 15.9 Å². The Kier molecular flexibility index (Phi) is 11.0. The number of halogens is 1. The van der Waals surface area contributed by atoms with Gasteiger partial charge in [0.05, 0.1) is 23.1 Å². The highest BCUT2D eigenvalue weighted by Crippen LogP contribution is 2.29. The molecule has 2 aromatic rings. The van der Waals surface area contributed by atoms with Crippen LogP contribution in [0.2, 0.25) is 5.02 Å². The molecule has 11 nitrogen and oxygen atoms in total. The van der Waals surface area contributed by atoms with Crippen molar-refractivity contribution < 1.29 is 29.1 Å². The topological polar surface area (TPSA) is 157 Å². The number of benzene rings is 2. The number of alkyl carbamates (subject to hydrolysis) is 1. The van der Waals surface area contributed by atoms with Crippen molar-refractivity contribution in [3.63, 3.8) is 0 Å². The Labute approximate surface area is 244 Å². The number of hydrogen-bond acceptors (Lipinski definition) is 7. The van der Waals surface area contributed by atoms with Gasteiger partial charge in [-0.25, -0.2) is 9.59 Å². The molecular formula is C29H33ClN4O7. The summed E-state index contributed by atoms with van der Waals surface area (Å²) in [5, 5.41) is 22.8.